The Hall–Kier alpha value is -1.06. The molecular formula is C16H28N2O. The Balaban J connectivity index is 2.86. The third kappa shape index (κ3) is 4.51. The normalized spacial score (nSPS) is 16.2. The van der Waals surface area contributed by atoms with Crippen LogP contribution >= 0.6 is 0 Å². The van der Waals surface area contributed by atoms with Gasteiger partial charge in [-0.15, -0.1) is 0 Å². The molecule has 108 valence electrons. The summed E-state index contributed by atoms with van der Waals surface area (Å²) in [6.45, 7) is 7.65. The maximum Gasteiger partial charge on any atom is 0.118 e. The molecule has 0 aliphatic carbocycles. The Kier molecular flexibility index (Phi) is 6.32. The first kappa shape index (κ1) is 16.0. The van der Waals surface area contributed by atoms with Gasteiger partial charge in [0.1, 0.15) is 5.75 Å². The molecule has 0 aliphatic rings. The van der Waals surface area contributed by atoms with Crippen molar-refractivity contribution >= 4 is 0 Å². The molecule has 1 aromatic carbocycles. The molecule has 0 amide bonds. The molecule has 1 rings (SSSR count). The number of benzene rings is 1. The van der Waals surface area contributed by atoms with E-state index in [0.29, 0.717) is 5.92 Å². The van der Waals surface area contributed by atoms with E-state index in [4.69, 9.17) is 10.5 Å². The van der Waals surface area contributed by atoms with Gasteiger partial charge < -0.3 is 10.5 Å². The Labute approximate surface area is 117 Å². The number of nitrogens with zero attached hydrogens (tertiary/aromatic N) is 1. The van der Waals surface area contributed by atoms with Crippen LogP contribution in [0.1, 0.15) is 38.8 Å². The minimum absolute atomic E-state index is 0.0995. The van der Waals surface area contributed by atoms with Gasteiger partial charge in [-0.05, 0) is 37.6 Å². The molecule has 3 nitrogen and oxygen atoms in total. The van der Waals surface area contributed by atoms with Gasteiger partial charge in [0, 0.05) is 18.6 Å². The van der Waals surface area contributed by atoms with E-state index in [0.717, 1.165) is 12.3 Å². The van der Waals surface area contributed by atoms with Crippen LogP contribution in [0.25, 0.3) is 0 Å². The van der Waals surface area contributed by atoms with Crippen molar-refractivity contribution in [2.45, 2.75) is 39.3 Å². The first-order chi connectivity index (χ1) is 8.99. The molecule has 3 heteroatoms. The van der Waals surface area contributed by atoms with E-state index in [9.17, 15) is 0 Å². The fraction of sp³-hybridized carbons (Fsp3) is 0.625. The number of nitrogens with two attached hydrogens (primary N) is 1. The van der Waals surface area contributed by atoms with Crippen molar-refractivity contribution in [2.75, 3.05) is 20.7 Å². The van der Waals surface area contributed by atoms with Crippen molar-refractivity contribution in [1.29, 1.82) is 0 Å². The highest BCUT2D eigenvalue weighted by Crippen LogP contribution is 2.25. The van der Waals surface area contributed by atoms with E-state index in [1.54, 1.807) is 7.11 Å². The molecule has 3 atom stereocenters. The van der Waals surface area contributed by atoms with E-state index in [-0.39, 0.29) is 12.1 Å². The smallest absolute Gasteiger partial charge is 0.118 e. The van der Waals surface area contributed by atoms with Crippen molar-refractivity contribution < 1.29 is 4.74 Å². The third-order valence-electron chi connectivity index (χ3n) is 3.73. The Morgan fingerprint density at radius 1 is 1.21 bits per heavy atom. The van der Waals surface area contributed by atoms with Gasteiger partial charge >= 0.3 is 0 Å². The second kappa shape index (κ2) is 7.51. The van der Waals surface area contributed by atoms with Gasteiger partial charge in [-0.25, -0.2) is 0 Å². The Morgan fingerprint density at radius 2 is 1.79 bits per heavy atom. The van der Waals surface area contributed by atoms with Crippen LogP contribution in [0.3, 0.4) is 0 Å². The van der Waals surface area contributed by atoms with Crippen molar-refractivity contribution in [3.05, 3.63) is 29.8 Å². The van der Waals surface area contributed by atoms with Crippen molar-refractivity contribution in [1.82, 2.24) is 4.90 Å². The average molecular weight is 264 g/mol. The molecule has 0 saturated carbocycles. The summed E-state index contributed by atoms with van der Waals surface area (Å²) in [5.74, 6) is 1.57. The summed E-state index contributed by atoms with van der Waals surface area (Å²) in [5, 5.41) is 0. The SMILES string of the molecule is CCC(C)CN(C)C(c1ccc(OC)cc1)C(C)N. The molecular weight excluding hydrogens is 236 g/mol. The molecule has 0 aromatic heterocycles. The standard InChI is InChI=1S/C16H28N2O/c1-6-12(2)11-18(4)16(13(3)17)14-7-9-15(19-5)10-8-14/h7-10,12-13,16H,6,11,17H2,1-5H3. The van der Waals surface area contributed by atoms with Gasteiger partial charge in [-0.3, -0.25) is 4.90 Å². The number of rotatable bonds is 7. The number of likely N-dealkylation sites (N-methyl/N-ethyl adjacent to an activating group) is 1. The molecule has 0 bridgehead atoms. The predicted molar refractivity (Wildman–Crippen MR) is 81.5 cm³/mol. The van der Waals surface area contributed by atoms with Crippen molar-refractivity contribution in [2.24, 2.45) is 11.7 Å². The van der Waals surface area contributed by atoms with Gasteiger partial charge in [0.25, 0.3) is 0 Å². The summed E-state index contributed by atoms with van der Waals surface area (Å²) in [6.07, 6.45) is 1.19. The van der Waals surface area contributed by atoms with Gasteiger partial charge in [-0.2, -0.15) is 0 Å². The first-order valence-electron chi connectivity index (χ1n) is 7.09. The van der Waals surface area contributed by atoms with Crippen LogP contribution in [0, 0.1) is 5.92 Å². The zero-order valence-electron chi connectivity index (χ0n) is 12.9. The fourth-order valence-electron chi connectivity index (χ4n) is 2.49. The maximum absolute atomic E-state index is 6.18. The number of ether oxygens (including phenoxy) is 1. The molecule has 0 aliphatic heterocycles. The van der Waals surface area contributed by atoms with Gasteiger partial charge in [0.2, 0.25) is 0 Å². The summed E-state index contributed by atoms with van der Waals surface area (Å²) in [7, 11) is 3.84. The van der Waals surface area contributed by atoms with Gasteiger partial charge in [0.15, 0.2) is 0 Å². The minimum Gasteiger partial charge on any atom is -0.497 e. The molecule has 1 aromatic rings. The maximum atomic E-state index is 6.18. The molecule has 2 N–H and O–H groups in total. The Morgan fingerprint density at radius 3 is 2.21 bits per heavy atom. The monoisotopic (exact) mass is 264 g/mol. The van der Waals surface area contributed by atoms with E-state index in [2.05, 4.69) is 44.9 Å². The van der Waals surface area contributed by atoms with Gasteiger partial charge in [0.05, 0.1) is 7.11 Å². The molecule has 0 fully saturated rings. The van der Waals surface area contributed by atoms with Crippen molar-refractivity contribution in [3.8, 4) is 5.75 Å². The van der Waals surface area contributed by atoms with Crippen LogP contribution in [-0.2, 0) is 0 Å². The number of hydrogen-bond donors (Lipinski definition) is 1. The molecule has 0 spiro atoms. The minimum atomic E-state index is 0.0995. The lowest BCUT2D eigenvalue weighted by molar-refractivity contribution is 0.190. The number of methoxy groups -OCH3 is 1. The van der Waals surface area contributed by atoms with Crippen LogP contribution < -0.4 is 10.5 Å². The van der Waals surface area contributed by atoms with Crippen LogP contribution in [0.4, 0.5) is 0 Å². The van der Waals surface area contributed by atoms with Crippen LogP contribution in [0.2, 0.25) is 0 Å². The van der Waals surface area contributed by atoms with E-state index in [1.807, 2.05) is 12.1 Å². The lowest BCUT2D eigenvalue weighted by Gasteiger charge is -2.33. The lowest BCUT2D eigenvalue weighted by atomic mass is 9.98. The zero-order chi connectivity index (χ0) is 14.4. The number of hydrogen-bond acceptors (Lipinski definition) is 3. The molecule has 0 saturated heterocycles. The highest BCUT2D eigenvalue weighted by molar-refractivity contribution is 5.29. The summed E-state index contributed by atoms with van der Waals surface area (Å²) in [6, 6.07) is 8.58. The van der Waals surface area contributed by atoms with Crippen molar-refractivity contribution in [3.63, 3.8) is 0 Å². The summed E-state index contributed by atoms with van der Waals surface area (Å²) in [4.78, 5) is 2.36. The van der Waals surface area contributed by atoms with Crippen LogP contribution in [0.5, 0.6) is 5.75 Å². The van der Waals surface area contributed by atoms with Crippen LogP contribution in [-0.4, -0.2) is 31.6 Å². The molecule has 0 heterocycles. The second-order valence-electron chi connectivity index (χ2n) is 5.53. The quantitative estimate of drug-likeness (QED) is 0.822. The molecule has 3 unspecified atom stereocenters. The average Bonchev–Trinajstić information content (AvgIpc) is 2.39. The summed E-state index contributed by atoms with van der Waals surface area (Å²) < 4.78 is 5.21. The Bertz CT molecular complexity index is 362. The summed E-state index contributed by atoms with van der Waals surface area (Å²) >= 11 is 0. The topological polar surface area (TPSA) is 38.5 Å². The highest BCUT2D eigenvalue weighted by atomic mass is 16.5. The largest absolute Gasteiger partial charge is 0.497 e. The second-order valence-corrected chi connectivity index (χ2v) is 5.53. The highest BCUT2D eigenvalue weighted by Gasteiger charge is 2.22. The molecule has 0 radical (unpaired) electrons. The van der Waals surface area contributed by atoms with Gasteiger partial charge in [-0.1, -0.05) is 32.4 Å². The lowest BCUT2D eigenvalue weighted by Crippen LogP contribution is -2.39. The summed E-state index contributed by atoms with van der Waals surface area (Å²) in [5.41, 5.74) is 7.44. The van der Waals surface area contributed by atoms with Crippen LogP contribution in [0.15, 0.2) is 24.3 Å². The molecule has 19 heavy (non-hydrogen) atoms. The van der Waals surface area contributed by atoms with E-state index < -0.39 is 0 Å². The van der Waals surface area contributed by atoms with E-state index >= 15 is 0 Å². The third-order valence-corrected chi connectivity index (χ3v) is 3.73. The van der Waals surface area contributed by atoms with E-state index in [1.165, 1.54) is 12.0 Å². The fourth-order valence-corrected chi connectivity index (χ4v) is 2.49. The zero-order valence-corrected chi connectivity index (χ0v) is 12.9. The first-order valence-corrected chi connectivity index (χ1v) is 7.09. The predicted octanol–water partition coefficient (Wildman–Crippen LogP) is 3.06.